The smallest absolute Gasteiger partial charge is 0.0295 e. The minimum absolute atomic E-state index is 0.627. The molecule has 0 heterocycles. The number of hydrogen-bond acceptors (Lipinski definition) is 0. The van der Waals surface area contributed by atoms with Crippen LogP contribution in [0, 0.1) is 17.3 Å². The lowest BCUT2D eigenvalue weighted by Gasteiger charge is -2.41. The molecule has 0 spiro atoms. The van der Waals surface area contributed by atoms with E-state index < -0.39 is 0 Å². The maximum Gasteiger partial charge on any atom is -0.0295 e. The van der Waals surface area contributed by atoms with Crippen molar-refractivity contribution >= 4 is 0 Å². The van der Waals surface area contributed by atoms with Crippen LogP contribution in [0.5, 0.6) is 0 Å². The molecule has 0 aromatic rings. The van der Waals surface area contributed by atoms with Crippen molar-refractivity contribution in [3.05, 3.63) is 0 Å². The van der Waals surface area contributed by atoms with Crippen LogP contribution < -0.4 is 0 Å². The summed E-state index contributed by atoms with van der Waals surface area (Å²) in [6.07, 6.45) is 16.1. The van der Waals surface area contributed by atoms with E-state index >= 15 is 0 Å². The Labute approximate surface area is 116 Å². The van der Waals surface area contributed by atoms with Gasteiger partial charge in [-0.3, -0.25) is 0 Å². The molecule has 0 heteroatoms. The highest BCUT2D eigenvalue weighted by molar-refractivity contribution is 4.84. The molecule has 108 valence electrons. The fourth-order valence-corrected chi connectivity index (χ4v) is 4.14. The van der Waals surface area contributed by atoms with Crippen molar-refractivity contribution in [1.29, 1.82) is 0 Å². The second-order valence-electron chi connectivity index (χ2n) is 7.16. The van der Waals surface area contributed by atoms with E-state index in [1.807, 2.05) is 0 Å². The first kappa shape index (κ1) is 16.1. The molecule has 0 N–H and O–H groups in total. The van der Waals surface area contributed by atoms with Crippen LogP contribution in [0.15, 0.2) is 0 Å². The lowest BCUT2D eigenvalue weighted by molar-refractivity contribution is 0.101. The van der Waals surface area contributed by atoms with Crippen LogP contribution in [0.25, 0.3) is 0 Å². The molecule has 0 aromatic heterocycles. The molecule has 1 aliphatic carbocycles. The quantitative estimate of drug-likeness (QED) is 0.500. The summed E-state index contributed by atoms with van der Waals surface area (Å²) in [7, 11) is 0. The Hall–Kier alpha value is 0. The molecule has 18 heavy (non-hydrogen) atoms. The molecule has 1 fully saturated rings. The van der Waals surface area contributed by atoms with Crippen LogP contribution >= 0.6 is 0 Å². The summed E-state index contributed by atoms with van der Waals surface area (Å²) in [6.45, 7) is 9.79. The van der Waals surface area contributed by atoms with Crippen molar-refractivity contribution in [2.45, 2.75) is 98.3 Å². The normalized spacial score (nSPS) is 24.0. The van der Waals surface area contributed by atoms with Gasteiger partial charge in [0.25, 0.3) is 0 Å². The summed E-state index contributed by atoms with van der Waals surface area (Å²) in [6, 6.07) is 0. The highest BCUT2D eigenvalue weighted by atomic mass is 14.4. The number of rotatable bonds is 6. The second-order valence-corrected chi connectivity index (χ2v) is 7.16. The predicted octanol–water partition coefficient (Wildman–Crippen LogP) is 6.59. The van der Waals surface area contributed by atoms with Crippen molar-refractivity contribution in [2.24, 2.45) is 17.3 Å². The van der Waals surface area contributed by atoms with E-state index in [4.69, 9.17) is 0 Å². The first-order valence-corrected chi connectivity index (χ1v) is 8.62. The van der Waals surface area contributed by atoms with E-state index in [0.29, 0.717) is 5.41 Å². The molecule has 1 rings (SSSR count). The molecule has 0 radical (unpaired) electrons. The molecule has 0 aromatic carbocycles. The fourth-order valence-electron chi connectivity index (χ4n) is 4.14. The topological polar surface area (TPSA) is 0 Å². The van der Waals surface area contributed by atoms with Gasteiger partial charge in [-0.05, 0) is 42.9 Å². The maximum atomic E-state index is 2.61. The Morgan fingerprint density at radius 1 is 1.00 bits per heavy atom. The van der Waals surface area contributed by atoms with Gasteiger partial charge in [-0.1, -0.05) is 72.6 Å². The highest BCUT2D eigenvalue weighted by Gasteiger charge is 2.33. The predicted molar refractivity (Wildman–Crippen MR) is 82.9 cm³/mol. The van der Waals surface area contributed by atoms with Crippen LogP contribution in [0.3, 0.4) is 0 Å². The number of hydrogen-bond donors (Lipinski definition) is 0. The van der Waals surface area contributed by atoms with Crippen molar-refractivity contribution in [1.82, 2.24) is 0 Å². The molecule has 0 saturated heterocycles. The molecular weight excluding hydrogens is 216 g/mol. The largest absolute Gasteiger partial charge is 0.0654 e. The third-order valence-electron chi connectivity index (χ3n) is 5.42. The Bertz CT molecular complexity index is 200. The lowest BCUT2D eigenvalue weighted by atomic mass is 9.65. The van der Waals surface area contributed by atoms with Gasteiger partial charge < -0.3 is 0 Å². The van der Waals surface area contributed by atoms with E-state index in [-0.39, 0.29) is 0 Å². The highest BCUT2D eigenvalue weighted by Crippen LogP contribution is 2.45. The van der Waals surface area contributed by atoms with Crippen molar-refractivity contribution in [3.8, 4) is 0 Å². The van der Waals surface area contributed by atoms with Gasteiger partial charge in [-0.25, -0.2) is 0 Å². The standard InChI is InChI=1S/C18H36/c1-5-14-18(4,15-16(3)6-2)17-12-10-8-7-9-11-13-17/h16-17H,5-15H2,1-4H3. The Morgan fingerprint density at radius 3 is 2.06 bits per heavy atom. The molecule has 0 aliphatic heterocycles. The summed E-state index contributed by atoms with van der Waals surface area (Å²) in [5.74, 6) is 1.92. The average Bonchev–Trinajstić information content (AvgIpc) is 2.28. The SMILES string of the molecule is CCCC(C)(CC(C)CC)C1CCCCCCC1. The zero-order valence-electron chi connectivity index (χ0n) is 13.4. The lowest BCUT2D eigenvalue weighted by Crippen LogP contribution is -2.30. The van der Waals surface area contributed by atoms with Crippen LogP contribution in [-0.2, 0) is 0 Å². The summed E-state index contributed by atoms with van der Waals surface area (Å²) < 4.78 is 0. The van der Waals surface area contributed by atoms with Gasteiger partial charge in [0.2, 0.25) is 0 Å². The Balaban J connectivity index is 2.66. The van der Waals surface area contributed by atoms with Crippen LogP contribution in [0.1, 0.15) is 98.3 Å². The van der Waals surface area contributed by atoms with Gasteiger partial charge >= 0.3 is 0 Å². The van der Waals surface area contributed by atoms with Crippen molar-refractivity contribution in [3.63, 3.8) is 0 Å². The third-order valence-corrected chi connectivity index (χ3v) is 5.42. The Morgan fingerprint density at radius 2 is 1.56 bits per heavy atom. The van der Waals surface area contributed by atoms with Gasteiger partial charge in [0.15, 0.2) is 0 Å². The minimum Gasteiger partial charge on any atom is -0.0654 e. The molecule has 1 aliphatic rings. The van der Waals surface area contributed by atoms with Gasteiger partial charge in [-0.15, -0.1) is 0 Å². The van der Waals surface area contributed by atoms with Gasteiger partial charge in [0.05, 0.1) is 0 Å². The maximum absolute atomic E-state index is 2.61. The molecule has 0 amide bonds. The monoisotopic (exact) mass is 252 g/mol. The molecule has 0 bridgehead atoms. The van der Waals surface area contributed by atoms with Gasteiger partial charge in [0, 0.05) is 0 Å². The summed E-state index contributed by atoms with van der Waals surface area (Å²) in [4.78, 5) is 0. The molecular formula is C18H36. The Kier molecular flexibility index (Phi) is 7.34. The first-order chi connectivity index (χ1) is 8.62. The zero-order chi connectivity index (χ0) is 13.4. The summed E-state index contributed by atoms with van der Waals surface area (Å²) in [5, 5.41) is 0. The summed E-state index contributed by atoms with van der Waals surface area (Å²) in [5.41, 5.74) is 0.627. The molecule has 2 unspecified atom stereocenters. The fraction of sp³-hybridized carbons (Fsp3) is 1.00. The van der Waals surface area contributed by atoms with E-state index in [2.05, 4.69) is 27.7 Å². The zero-order valence-corrected chi connectivity index (χ0v) is 13.4. The van der Waals surface area contributed by atoms with Crippen LogP contribution in [0.2, 0.25) is 0 Å². The van der Waals surface area contributed by atoms with Crippen molar-refractivity contribution in [2.75, 3.05) is 0 Å². The van der Waals surface area contributed by atoms with E-state index in [1.54, 1.807) is 0 Å². The van der Waals surface area contributed by atoms with E-state index in [9.17, 15) is 0 Å². The van der Waals surface area contributed by atoms with E-state index in [1.165, 1.54) is 70.6 Å². The molecule has 1 saturated carbocycles. The average molecular weight is 252 g/mol. The minimum atomic E-state index is 0.627. The van der Waals surface area contributed by atoms with Gasteiger partial charge in [-0.2, -0.15) is 0 Å². The van der Waals surface area contributed by atoms with Crippen LogP contribution in [0.4, 0.5) is 0 Å². The van der Waals surface area contributed by atoms with Gasteiger partial charge in [0.1, 0.15) is 0 Å². The summed E-state index contributed by atoms with van der Waals surface area (Å²) >= 11 is 0. The van der Waals surface area contributed by atoms with Crippen molar-refractivity contribution < 1.29 is 0 Å². The molecule has 0 nitrogen and oxygen atoms in total. The van der Waals surface area contributed by atoms with E-state index in [0.717, 1.165) is 11.8 Å². The molecule has 2 atom stereocenters. The van der Waals surface area contributed by atoms with Crippen LogP contribution in [-0.4, -0.2) is 0 Å². The second kappa shape index (κ2) is 8.23. The third kappa shape index (κ3) is 4.94. The first-order valence-electron chi connectivity index (χ1n) is 8.62.